The second-order valence-corrected chi connectivity index (χ2v) is 7.15. The van der Waals surface area contributed by atoms with Crippen LogP contribution in [0.4, 0.5) is 8.78 Å². The van der Waals surface area contributed by atoms with Gasteiger partial charge in [0.1, 0.15) is 0 Å². The van der Waals surface area contributed by atoms with Crippen molar-refractivity contribution in [2.45, 2.75) is 36.9 Å². The van der Waals surface area contributed by atoms with Gasteiger partial charge in [-0.2, -0.15) is 13.1 Å². The zero-order valence-corrected chi connectivity index (χ0v) is 13.0. The van der Waals surface area contributed by atoms with Crippen molar-refractivity contribution in [3.8, 4) is 0 Å². The Kier molecular flexibility index (Phi) is 5.66. The third kappa shape index (κ3) is 4.69. The third-order valence-corrected chi connectivity index (χ3v) is 5.47. The first-order valence-corrected chi connectivity index (χ1v) is 8.47. The molecule has 1 saturated heterocycles. The standard InChI is InChI=1S/C14H17F2NO5S/c15-14(16)22-11-7-8-17(9-11)23(20,21)12-4-1-10(2-5-12)3-6-13(18)19/h1-2,4-5,11,14H,3,6-9H2,(H,18,19)/t11-/m1/s1. The molecule has 1 fully saturated rings. The smallest absolute Gasteiger partial charge is 0.345 e. The van der Waals surface area contributed by atoms with Crippen molar-refractivity contribution in [2.24, 2.45) is 0 Å². The molecular formula is C14H17F2NO5S. The first-order chi connectivity index (χ1) is 10.8. The summed E-state index contributed by atoms with van der Waals surface area (Å²) in [5.74, 6) is -0.927. The minimum Gasteiger partial charge on any atom is -0.481 e. The van der Waals surface area contributed by atoms with Crippen LogP contribution in [0.25, 0.3) is 0 Å². The Morgan fingerprint density at radius 1 is 1.35 bits per heavy atom. The molecule has 0 unspecified atom stereocenters. The lowest BCUT2D eigenvalue weighted by Gasteiger charge is -2.17. The van der Waals surface area contributed by atoms with E-state index in [0.29, 0.717) is 12.0 Å². The van der Waals surface area contributed by atoms with Crippen molar-refractivity contribution in [2.75, 3.05) is 13.1 Å². The number of halogens is 2. The Hall–Kier alpha value is -1.58. The van der Waals surface area contributed by atoms with E-state index < -0.39 is 28.7 Å². The number of alkyl halides is 2. The van der Waals surface area contributed by atoms with Crippen LogP contribution in [0.15, 0.2) is 29.2 Å². The first kappa shape index (κ1) is 17.8. The zero-order valence-electron chi connectivity index (χ0n) is 12.2. The molecule has 0 aromatic heterocycles. The molecule has 128 valence electrons. The summed E-state index contributed by atoms with van der Waals surface area (Å²) in [6.07, 6.45) is -0.311. The van der Waals surface area contributed by atoms with Crippen LogP contribution in [0, 0.1) is 0 Å². The van der Waals surface area contributed by atoms with E-state index in [1.54, 1.807) is 12.1 Å². The number of hydrogen-bond donors (Lipinski definition) is 1. The predicted octanol–water partition coefficient (Wildman–Crippen LogP) is 1.71. The van der Waals surface area contributed by atoms with Crippen LogP contribution in [-0.4, -0.2) is 49.6 Å². The highest BCUT2D eigenvalue weighted by Gasteiger charge is 2.34. The van der Waals surface area contributed by atoms with E-state index in [4.69, 9.17) is 5.11 Å². The number of aliphatic carboxylic acids is 1. The maximum Gasteiger partial charge on any atom is 0.345 e. The number of benzene rings is 1. The van der Waals surface area contributed by atoms with Crippen molar-refractivity contribution in [1.29, 1.82) is 0 Å². The molecule has 0 spiro atoms. The van der Waals surface area contributed by atoms with Gasteiger partial charge in [-0.15, -0.1) is 0 Å². The lowest BCUT2D eigenvalue weighted by molar-refractivity contribution is -0.157. The van der Waals surface area contributed by atoms with E-state index in [0.717, 1.165) is 4.31 Å². The number of carboxylic acid groups (broad SMARTS) is 1. The Morgan fingerprint density at radius 3 is 2.57 bits per heavy atom. The fraction of sp³-hybridized carbons (Fsp3) is 0.500. The highest BCUT2D eigenvalue weighted by molar-refractivity contribution is 7.89. The number of hydrogen-bond acceptors (Lipinski definition) is 4. The summed E-state index contributed by atoms with van der Waals surface area (Å²) >= 11 is 0. The lowest BCUT2D eigenvalue weighted by atomic mass is 10.1. The third-order valence-electron chi connectivity index (χ3n) is 3.59. The van der Waals surface area contributed by atoms with Crippen molar-refractivity contribution in [3.63, 3.8) is 0 Å². The van der Waals surface area contributed by atoms with Crippen LogP contribution in [0.2, 0.25) is 0 Å². The molecule has 2 rings (SSSR count). The molecule has 9 heteroatoms. The average Bonchev–Trinajstić information content (AvgIpc) is 2.94. The number of sulfonamides is 1. The van der Waals surface area contributed by atoms with Crippen LogP contribution in [0.3, 0.4) is 0 Å². The van der Waals surface area contributed by atoms with Gasteiger partial charge < -0.3 is 9.84 Å². The number of rotatable bonds is 7. The van der Waals surface area contributed by atoms with E-state index in [1.807, 2.05) is 0 Å². The van der Waals surface area contributed by atoms with Gasteiger partial charge in [-0.3, -0.25) is 4.79 Å². The Bertz CT molecular complexity index is 648. The SMILES string of the molecule is O=C(O)CCc1ccc(S(=O)(=O)N2CC[C@@H](OC(F)F)C2)cc1. The van der Waals surface area contributed by atoms with E-state index in [9.17, 15) is 22.0 Å². The molecule has 0 aliphatic carbocycles. The molecule has 1 aromatic rings. The summed E-state index contributed by atoms with van der Waals surface area (Å²) in [7, 11) is -3.76. The molecule has 1 aromatic carbocycles. The number of carbonyl (C=O) groups is 1. The molecule has 6 nitrogen and oxygen atoms in total. The summed E-state index contributed by atoms with van der Waals surface area (Å²) in [6, 6.07) is 5.90. The zero-order chi connectivity index (χ0) is 17.0. The fourth-order valence-corrected chi connectivity index (χ4v) is 3.89. The molecule has 1 aliphatic rings. The van der Waals surface area contributed by atoms with Gasteiger partial charge in [0.25, 0.3) is 0 Å². The van der Waals surface area contributed by atoms with E-state index >= 15 is 0 Å². The van der Waals surface area contributed by atoms with Crippen molar-refractivity contribution in [3.05, 3.63) is 29.8 Å². The minimum absolute atomic E-state index is 0.0368. The van der Waals surface area contributed by atoms with Crippen LogP contribution < -0.4 is 0 Å². The normalized spacial score (nSPS) is 19.3. The van der Waals surface area contributed by atoms with Gasteiger partial charge in [-0.05, 0) is 30.5 Å². The van der Waals surface area contributed by atoms with E-state index in [1.165, 1.54) is 12.1 Å². The van der Waals surface area contributed by atoms with Gasteiger partial charge in [-0.25, -0.2) is 8.42 Å². The summed E-state index contributed by atoms with van der Waals surface area (Å²) in [5.41, 5.74) is 0.715. The molecule has 0 bridgehead atoms. The minimum atomic E-state index is -3.76. The second kappa shape index (κ2) is 7.33. The van der Waals surface area contributed by atoms with Crippen LogP contribution in [0.5, 0.6) is 0 Å². The molecule has 1 aliphatic heterocycles. The maximum absolute atomic E-state index is 12.4. The molecule has 1 atom stereocenters. The van der Waals surface area contributed by atoms with Gasteiger partial charge in [0, 0.05) is 19.5 Å². The molecular weight excluding hydrogens is 332 g/mol. The average molecular weight is 349 g/mol. The van der Waals surface area contributed by atoms with Gasteiger partial charge in [-0.1, -0.05) is 12.1 Å². The number of nitrogens with zero attached hydrogens (tertiary/aromatic N) is 1. The van der Waals surface area contributed by atoms with E-state index in [-0.39, 0.29) is 30.8 Å². The number of ether oxygens (including phenoxy) is 1. The van der Waals surface area contributed by atoms with Gasteiger partial charge in [0.15, 0.2) is 0 Å². The molecule has 0 saturated carbocycles. The highest BCUT2D eigenvalue weighted by atomic mass is 32.2. The topological polar surface area (TPSA) is 83.9 Å². The Labute approximate surface area is 132 Å². The highest BCUT2D eigenvalue weighted by Crippen LogP contribution is 2.24. The summed E-state index contributed by atoms with van der Waals surface area (Å²) in [4.78, 5) is 10.6. The largest absolute Gasteiger partial charge is 0.481 e. The molecule has 0 amide bonds. The van der Waals surface area contributed by atoms with Gasteiger partial charge in [0.2, 0.25) is 10.0 Å². The number of carboxylic acids is 1. The molecule has 1 heterocycles. The van der Waals surface area contributed by atoms with Crippen molar-refractivity contribution >= 4 is 16.0 Å². The monoisotopic (exact) mass is 349 g/mol. The fourth-order valence-electron chi connectivity index (χ4n) is 2.40. The van der Waals surface area contributed by atoms with Gasteiger partial charge >= 0.3 is 12.6 Å². The van der Waals surface area contributed by atoms with Crippen molar-refractivity contribution in [1.82, 2.24) is 4.31 Å². The summed E-state index contributed by atoms with van der Waals surface area (Å²) < 4.78 is 54.7. The number of aryl methyl sites for hydroxylation is 1. The Morgan fingerprint density at radius 2 is 2.00 bits per heavy atom. The van der Waals surface area contributed by atoms with Crippen LogP contribution in [0.1, 0.15) is 18.4 Å². The van der Waals surface area contributed by atoms with E-state index in [2.05, 4.69) is 4.74 Å². The second-order valence-electron chi connectivity index (χ2n) is 5.21. The Balaban J connectivity index is 2.04. The molecule has 1 N–H and O–H groups in total. The molecule has 0 radical (unpaired) electrons. The first-order valence-electron chi connectivity index (χ1n) is 7.03. The summed E-state index contributed by atoms with van der Waals surface area (Å²) in [5, 5.41) is 8.62. The quantitative estimate of drug-likeness (QED) is 0.810. The maximum atomic E-state index is 12.4. The van der Waals surface area contributed by atoms with Crippen LogP contribution in [-0.2, 0) is 26.0 Å². The van der Waals surface area contributed by atoms with Gasteiger partial charge in [0.05, 0.1) is 11.0 Å². The van der Waals surface area contributed by atoms with Crippen LogP contribution >= 0.6 is 0 Å². The lowest BCUT2D eigenvalue weighted by Crippen LogP contribution is -2.30. The summed E-state index contributed by atoms with van der Waals surface area (Å²) in [6.45, 7) is -2.90. The predicted molar refractivity (Wildman–Crippen MR) is 76.7 cm³/mol. The molecule has 23 heavy (non-hydrogen) atoms. The van der Waals surface area contributed by atoms with Crippen molar-refractivity contribution < 1.29 is 31.8 Å².